The predicted octanol–water partition coefficient (Wildman–Crippen LogP) is 3.18. The van der Waals surface area contributed by atoms with Crippen LogP contribution in [0, 0.1) is 12.8 Å². The topological polar surface area (TPSA) is 70.7 Å². The van der Waals surface area contributed by atoms with Gasteiger partial charge in [-0.1, -0.05) is 23.8 Å². The van der Waals surface area contributed by atoms with E-state index in [4.69, 9.17) is 4.74 Å². The van der Waals surface area contributed by atoms with Crippen molar-refractivity contribution in [3.8, 4) is 5.75 Å². The van der Waals surface area contributed by atoms with Crippen molar-refractivity contribution in [3.63, 3.8) is 0 Å². The first kappa shape index (κ1) is 17.8. The Morgan fingerprint density at radius 2 is 2.00 bits per heavy atom. The third-order valence-electron chi connectivity index (χ3n) is 4.43. The molecule has 0 radical (unpaired) electrons. The number of ether oxygens (including phenoxy) is 1. The summed E-state index contributed by atoms with van der Waals surface area (Å²) in [5, 5.41) is 5.61. The van der Waals surface area contributed by atoms with Gasteiger partial charge in [0, 0.05) is 42.9 Å². The molecule has 0 spiro atoms. The van der Waals surface area contributed by atoms with Gasteiger partial charge in [-0.05, 0) is 31.2 Å². The number of hydrogen-bond acceptors (Lipinski definition) is 3. The molecule has 6 nitrogen and oxygen atoms in total. The lowest BCUT2D eigenvalue weighted by Gasteiger charge is -2.17. The van der Waals surface area contributed by atoms with Gasteiger partial charge in [0.1, 0.15) is 5.75 Å². The van der Waals surface area contributed by atoms with E-state index in [2.05, 4.69) is 10.6 Å². The summed E-state index contributed by atoms with van der Waals surface area (Å²) >= 11 is 0. The Labute approximate surface area is 153 Å². The van der Waals surface area contributed by atoms with E-state index < -0.39 is 0 Å². The Bertz CT molecular complexity index is 789. The number of carbonyl (C=O) groups is 2. The highest BCUT2D eigenvalue weighted by Gasteiger charge is 2.30. The molecular formula is C20H23N3O3. The van der Waals surface area contributed by atoms with Gasteiger partial charge >= 0.3 is 6.03 Å². The lowest BCUT2D eigenvalue weighted by atomic mass is 10.1. The number of methoxy groups -OCH3 is 1. The Morgan fingerprint density at radius 1 is 1.23 bits per heavy atom. The molecule has 3 amide bonds. The Hall–Kier alpha value is -3.02. The SMILES string of the molecule is COc1cccc(NC(=O)NC[C@@H]2CC(=O)N(c3ccc(C)cc3)C2)c1. The summed E-state index contributed by atoms with van der Waals surface area (Å²) in [6.07, 6.45) is 0.438. The first-order chi connectivity index (χ1) is 12.5. The molecule has 0 saturated carbocycles. The summed E-state index contributed by atoms with van der Waals surface area (Å²) in [6.45, 7) is 3.08. The van der Waals surface area contributed by atoms with Crippen LogP contribution in [0.5, 0.6) is 5.75 Å². The molecule has 0 aliphatic carbocycles. The highest BCUT2D eigenvalue weighted by molar-refractivity contribution is 5.96. The number of amides is 3. The van der Waals surface area contributed by atoms with Gasteiger partial charge in [0.25, 0.3) is 0 Å². The van der Waals surface area contributed by atoms with Crippen LogP contribution in [0.25, 0.3) is 0 Å². The largest absolute Gasteiger partial charge is 0.497 e. The molecule has 2 aromatic carbocycles. The molecule has 3 rings (SSSR count). The van der Waals surface area contributed by atoms with Crippen LogP contribution in [0.1, 0.15) is 12.0 Å². The van der Waals surface area contributed by atoms with Crippen LogP contribution in [0.15, 0.2) is 48.5 Å². The third kappa shape index (κ3) is 4.33. The molecule has 1 heterocycles. The molecule has 1 atom stereocenters. The second-order valence-electron chi connectivity index (χ2n) is 6.48. The molecule has 26 heavy (non-hydrogen) atoms. The molecule has 1 aliphatic rings. The second kappa shape index (κ2) is 7.91. The van der Waals surface area contributed by atoms with E-state index in [0.29, 0.717) is 30.9 Å². The fourth-order valence-corrected chi connectivity index (χ4v) is 3.01. The van der Waals surface area contributed by atoms with E-state index in [-0.39, 0.29) is 17.9 Å². The van der Waals surface area contributed by atoms with Crippen molar-refractivity contribution >= 4 is 23.3 Å². The standard InChI is InChI=1S/C20H23N3O3/c1-14-6-8-17(9-7-14)23-13-15(10-19(23)24)12-21-20(25)22-16-4-3-5-18(11-16)26-2/h3-9,11,15H,10,12-13H2,1-2H3,(H2,21,22,25)/t15-/m0/s1. The van der Waals surface area contributed by atoms with Crippen LogP contribution in [0.3, 0.4) is 0 Å². The van der Waals surface area contributed by atoms with E-state index >= 15 is 0 Å². The molecule has 1 fully saturated rings. The quantitative estimate of drug-likeness (QED) is 0.867. The number of urea groups is 1. The normalized spacial score (nSPS) is 16.5. The predicted molar refractivity (Wildman–Crippen MR) is 102 cm³/mol. The maximum Gasteiger partial charge on any atom is 0.319 e. The van der Waals surface area contributed by atoms with Gasteiger partial charge in [-0.3, -0.25) is 4.79 Å². The minimum absolute atomic E-state index is 0.0915. The highest BCUT2D eigenvalue weighted by atomic mass is 16.5. The number of aryl methyl sites for hydroxylation is 1. The van der Waals surface area contributed by atoms with Crippen LogP contribution in [0.2, 0.25) is 0 Å². The zero-order valence-corrected chi connectivity index (χ0v) is 15.0. The van der Waals surface area contributed by atoms with Crippen molar-refractivity contribution in [3.05, 3.63) is 54.1 Å². The minimum Gasteiger partial charge on any atom is -0.497 e. The number of benzene rings is 2. The maximum atomic E-state index is 12.3. The lowest BCUT2D eigenvalue weighted by molar-refractivity contribution is -0.117. The number of rotatable bonds is 5. The Morgan fingerprint density at radius 3 is 2.73 bits per heavy atom. The van der Waals surface area contributed by atoms with Crippen LogP contribution >= 0.6 is 0 Å². The molecule has 6 heteroatoms. The first-order valence-electron chi connectivity index (χ1n) is 8.61. The van der Waals surface area contributed by atoms with E-state index in [0.717, 1.165) is 11.3 Å². The fraction of sp³-hybridized carbons (Fsp3) is 0.300. The molecular weight excluding hydrogens is 330 g/mol. The first-order valence-corrected chi connectivity index (χ1v) is 8.61. The van der Waals surface area contributed by atoms with Gasteiger partial charge in [0.2, 0.25) is 5.91 Å². The molecule has 0 bridgehead atoms. The van der Waals surface area contributed by atoms with Gasteiger partial charge in [-0.2, -0.15) is 0 Å². The smallest absolute Gasteiger partial charge is 0.319 e. The van der Waals surface area contributed by atoms with Crippen molar-refractivity contribution in [2.45, 2.75) is 13.3 Å². The lowest BCUT2D eigenvalue weighted by Crippen LogP contribution is -2.34. The van der Waals surface area contributed by atoms with Crippen molar-refractivity contribution in [1.82, 2.24) is 5.32 Å². The van der Waals surface area contributed by atoms with Gasteiger partial charge in [-0.15, -0.1) is 0 Å². The van der Waals surface area contributed by atoms with Crippen LogP contribution in [0.4, 0.5) is 16.2 Å². The zero-order chi connectivity index (χ0) is 18.5. The van der Waals surface area contributed by atoms with Crippen LogP contribution in [-0.2, 0) is 4.79 Å². The maximum absolute atomic E-state index is 12.3. The summed E-state index contributed by atoms with van der Waals surface area (Å²) in [6, 6.07) is 14.8. The third-order valence-corrected chi connectivity index (χ3v) is 4.43. The molecule has 2 aromatic rings. The fourth-order valence-electron chi connectivity index (χ4n) is 3.01. The molecule has 1 aliphatic heterocycles. The van der Waals surface area contributed by atoms with Crippen LogP contribution < -0.4 is 20.3 Å². The molecule has 136 valence electrons. The summed E-state index contributed by atoms with van der Waals surface area (Å²) < 4.78 is 5.14. The minimum atomic E-state index is -0.292. The van der Waals surface area contributed by atoms with Gasteiger partial charge in [0.15, 0.2) is 0 Å². The van der Waals surface area contributed by atoms with Crippen molar-refractivity contribution < 1.29 is 14.3 Å². The summed E-state index contributed by atoms with van der Waals surface area (Å²) in [4.78, 5) is 26.1. The molecule has 0 aromatic heterocycles. The van der Waals surface area contributed by atoms with E-state index in [9.17, 15) is 9.59 Å². The van der Waals surface area contributed by atoms with E-state index in [1.807, 2.05) is 43.3 Å². The van der Waals surface area contributed by atoms with Gasteiger partial charge in [0.05, 0.1) is 7.11 Å². The number of nitrogens with one attached hydrogen (secondary N) is 2. The second-order valence-corrected chi connectivity index (χ2v) is 6.48. The van der Waals surface area contributed by atoms with Crippen molar-refractivity contribution in [2.24, 2.45) is 5.92 Å². The van der Waals surface area contributed by atoms with Crippen molar-refractivity contribution in [1.29, 1.82) is 0 Å². The average molecular weight is 353 g/mol. The molecule has 0 unspecified atom stereocenters. The van der Waals surface area contributed by atoms with E-state index in [1.165, 1.54) is 0 Å². The number of hydrogen-bond donors (Lipinski definition) is 2. The summed E-state index contributed by atoms with van der Waals surface area (Å²) in [7, 11) is 1.58. The number of anilines is 2. The average Bonchev–Trinajstić information content (AvgIpc) is 3.01. The Kier molecular flexibility index (Phi) is 5.41. The molecule has 1 saturated heterocycles. The number of carbonyl (C=O) groups excluding carboxylic acids is 2. The molecule has 2 N–H and O–H groups in total. The Balaban J connectivity index is 1.51. The summed E-state index contributed by atoms with van der Waals surface area (Å²) in [5.74, 6) is 0.867. The zero-order valence-electron chi connectivity index (χ0n) is 15.0. The highest BCUT2D eigenvalue weighted by Crippen LogP contribution is 2.25. The van der Waals surface area contributed by atoms with E-state index in [1.54, 1.807) is 24.1 Å². The van der Waals surface area contributed by atoms with Gasteiger partial charge < -0.3 is 20.3 Å². The van der Waals surface area contributed by atoms with Crippen LogP contribution in [-0.4, -0.2) is 32.1 Å². The number of nitrogens with zero attached hydrogens (tertiary/aromatic N) is 1. The monoisotopic (exact) mass is 353 g/mol. The van der Waals surface area contributed by atoms with Gasteiger partial charge in [-0.25, -0.2) is 4.79 Å². The summed E-state index contributed by atoms with van der Waals surface area (Å²) in [5.41, 5.74) is 2.72. The van der Waals surface area contributed by atoms with Crippen molar-refractivity contribution in [2.75, 3.05) is 30.4 Å².